The van der Waals surface area contributed by atoms with Crippen LogP contribution in [0.2, 0.25) is 10.0 Å². The molecule has 0 N–H and O–H groups in total. The first kappa shape index (κ1) is 42.4. The monoisotopic (exact) mass is 882 g/mol. The van der Waals surface area contributed by atoms with Gasteiger partial charge in [0.15, 0.2) is 0 Å². The molecule has 0 aromatic heterocycles. The molecule has 1 unspecified atom stereocenters. The Morgan fingerprint density at radius 1 is 0.691 bits per heavy atom. The van der Waals surface area contributed by atoms with Crippen LogP contribution in [0.4, 0.5) is 0 Å². The van der Waals surface area contributed by atoms with Crippen LogP contribution in [0.25, 0.3) is 22.3 Å². The molecule has 55 heavy (non-hydrogen) atoms. The van der Waals surface area contributed by atoms with Gasteiger partial charge in [0.1, 0.15) is 0 Å². The minimum Gasteiger partial charge on any atom is -1.00 e. The van der Waals surface area contributed by atoms with Gasteiger partial charge in [-0.2, -0.15) is 0 Å². The van der Waals surface area contributed by atoms with Crippen LogP contribution in [0.1, 0.15) is 130 Å². The van der Waals surface area contributed by atoms with Crippen molar-refractivity contribution >= 4 is 37.6 Å². The maximum atomic E-state index is 6.92. The average molecular weight is 886 g/mol. The van der Waals surface area contributed by atoms with E-state index < -0.39 is 21.3 Å². The quantitative estimate of drug-likeness (QED) is 0.182. The standard InChI is InChI=1S/C25H25.C13H8Cl2.C12H19.2ClH.Zr/c1-14-12-24(3,4)22-8-16-7-17-9-23-19(15(2)13-25(23,5)6)11-21(17)20(16)10-18(14)22;14-12-5-1-3-10(8-12)7-11-4-2-6-13(15)9-11;1-5-6-10-7-8-11(9-10)12(2,3)4;;;/h7-13H,1-6H3;1-6,8-9H;8-10H,5-6H2,1-4H3;2*1H;/q;;;;;+2/p-2. The zero-order valence-electron chi connectivity index (χ0n) is 33.8. The molecule has 0 amide bonds. The van der Waals surface area contributed by atoms with Gasteiger partial charge < -0.3 is 24.8 Å². The number of hydrogen-bond acceptors (Lipinski definition) is 0. The number of hydrogen-bond donors (Lipinski definition) is 0. The summed E-state index contributed by atoms with van der Waals surface area (Å²) in [4.78, 5) is 0. The van der Waals surface area contributed by atoms with Gasteiger partial charge >= 0.3 is 338 Å². The van der Waals surface area contributed by atoms with E-state index in [0.717, 1.165) is 22.9 Å². The van der Waals surface area contributed by atoms with Crippen molar-refractivity contribution in [3.05, 3.63) is 161 Å². The smallest absolute Gasteiger partial charge is 1.00 e. The van der Waals surface area contributed by atoms with Crippen LogP contribution in [0.15, 0.2) is 106 Å². The minimum atomic E-state index is -3.15. The molecule has 4 aliphatic carbocycles. The van der Waals surface area contributed by atoms with Crippen molar-refractivity contribution in [1.82, 2.24) is 0 Å². The second-order valence-corrected chi connectivity index (χ2v) is 25.2. The molecule has 0 saturated heterocycles. The molecule has 5 heteroatoms. The third-order valence-electron chi connectivity index (χ3n) is 12.3. The number of benzene rings is 4. The summed E-state index contributed by atoms with van der Waals surface area (Å²) >= 11 is 10.7. The summed E-state index contributed by atoms with van der Waals surface area (Å²) in [6.07, 6.45) is 12.6. The summed E-state index contributed by atoms with van der Waals surface area (Å²) < 4.78 is 3.46. The molecule has 8 rings (SSSR count). The fourth-order valence-corrected chi connectivity index (χ4v) is 19.8. The van der Waals surface area contributed by atoms with E-state index in [1.807, 2.05) is 12.1 Å². The van der Waals surface area contributed by atoms with Gasteiger partial charge in [-0.1, -0.05) is 0 Å². The first-order valence-corrected chi connectivity index (χ1v) is 24.1. The van der Waals surface area contributed by atoms with E-state index >= 15 is 0 Å². The topological polar surface area (TPSA) is 0 Å². The molecule has 4 aromatic carbocycles. The molecular formula is C50H52Cl4Zr. The summed E-state index contributed by atoms with van der Waals surface area (Å²) in [5.41, 5.74) is 18.4. The molecule has 0 aliphatic heterocycles. The normalized spacial score (nSPS) is 18.3. The van der Waals surface area contributed by atoms with Crippen LogP contribution in [0.3, 0.4) is 0 Å². The fraction of sp³-hybridized carbons (Fsp3) is 0.340. The van der Waals surface area contributed by atoms with E-state index in [9.17, 15) is 0 Å². The van der Waals surface area contributed by atoms with Gasteiger partial charge in [-0.05, 0) is 0 Å². The van der Waals surface area contributed by atoms with Gasteiger partial charge in [-0.3, -0.25) is 0 Å². The molecule has 0 nitrogen and oxygen atoms in total. The zero-order chi connectivity index (χ0) is 37.8. The zero-order valence-corrected chi connectivity index (χ0v) is 39.3. The van der Waals surface area contributed by atoms with E-state index in [2.05, 4.69) is 154 Å². The van der Waals surface area contributed by atoms with E-state index in [1.165, 1.54) is 75.6 Å². The average Bonchev–Trinajstić information content (AvgIpc) is 3.76. The molecule has 0 bridgehead atoms. The SMILES string of the molecule is CCCC1C=C(C(C)(C)C)C=[C]1[Zr+2](=[C](c1cccc(Cl)c1)c1cccc(Cl)c1)[CH]1c2cc3c(cc2-c2cc4c(cc21)C(C)(C)C=C4C)C(C)=CC3(C)C.[Cl-].[Cl-]. The maximum absolute atomic E-state index is 6.92. The molecule has 0 saturated carbocycles. The molecule has 4 aliphatic rings. The Morgan fingerprint density at radius 2 is 1.16 bits per heavy atom. The molecule has 4 aromatic rings. The fourth-order valence-electron chi connectivity index (χ4n) is 9.91. The summed E-state index contributed by atoms with van der Waals surface area (Å²) in [5.74, 6) is 0.411. The van der Waals surface area contributed by atoms with Gasteiger partial charge in [0.05, 0.1) is 0 Å². The van der Waals surface area contributed by atoms with Crippen LogP contribution in [0.5, 0.6) is 0 Å². The van der Waals surface area contributed by atoms with Crippen molar-refractivity contribution in [3.8, 4) is 11.1 Å². The molecule has 0 heterocycles. The third kappa shape index (κ3) is 7.27. The predicted octanol–water partition coefficient (Wildman–Crippen LogP) is 8.63. The van der Waals surface area contributed by atoms with Crippen molar-refractivity contribution in [1.29, 1.82) is 0 Å². The summed E-state index contributed by atoms with van der Waals surface area (Å²) in [7, 11) is 0. The number of fused-ring (bicyclic) bond motifs is 5. The summed E-state index contributed by atoms with van der Waals surface area (Å²) in [6.45, 7) is 23.7. The Hall–Kier alpha value is -2.25. The minimum absolute atomic E-state index is 0. The van der Waals surface area contributed by atoms with Gasteiger partial charge in [0.2, 0.25) is 0 Å². The van der Waals surface area contributed by atoms with Crippen molar-refractivity contribution in [2.24, 2.45) is 11.3 Å². The van der Waals surface area contributed by atoms with E-state index in [4.69, 9.17) is 23.2 Å². The Bertz CT molecular complexity index is 2260. The summed E-state index contributed by atoms with van der Waals surface area (Å²) in [6, 6.07) is 27.8. The van der Waals surface area contributed by atoms with Crippen molar-refractivity contribution in [2.45, 2.75) is 96.5 Å². The van der Waals surface area contributed by atoms with Crippen molar-refractivity contribution in [3.63, 3.8) is 0 Å². The Labute approximate surface area is 360 Å². The summed E-state index contributed by atoms with van der Waals surface area (Å²) in [5, 5.41) is 1.55. The molecule has 0 fully saturated rings. The van der Waals surface area contributed by atoms with Crippen molar-refractivity contribution < 1.29 is 46.1 Å². The van der Waals surface area contributed by atoms with E-state index in [-0.39, 0.29) is 44.7 Å². The first-order chi connectivity index (χ1) is 25.0. The molecule has 284 valence electrons. The number of allylic oxidation sites excluding steroid dienone is 8. The van der Waals surface area contributed by atoms with Crippen LogP contribution < -0.4 is 24.8 Å². The Kier molecular flexibility index (Phi) is 11.7. The van der Waals surface area contributed by atoms with E-state index in [0.29, 0.717) is 5.92 Å². The second kappa shape index (κ2) is 15.2. The number of rotatable bonds is 6. The van der Waals surface area contributed by atoms with Gasteiger partial charge in [0, 0.05) is 0 Å². The van der Waals surface area contributed by atoms with Crippen LogP contribution in [-0.4, -0.2) is 3.21 Å². The Balaban J connectivity index is 0.00000257. The molecular weight excluding hydrogens is 834 g/mol. The second-order valence-electron chi connectivity index (χ2n) is 18.2. The van der Waals surface area contributed by atoms with Crippen LogP contribution >= 0.6 is 23.2 Å². The van der Waals surface area contributed by atoms with Gasteiger partial charge in [0.25, 0.3) is 0 Å². The first-order valence-electron chi connectivity index (χ1n) is 19.5. The molecule has 0 spiro atoms. The largest absolute Gasteiger partial charge is 1.00 e. The van der Waals surface area contributed by atoms with Crippen LogP contribution in [0, 0.1) is 11.3 Å². The van der Waals surface area contributed by atoms with E-state index in [1.54, 1.807) is 3.28 Å². The predicted molar refractivity (Wildman–Crippen MR) is 227 cm³/mol. The number of halogens is 4. The van der Waals surface area contributed by atoms with Crippen LogP contribution in [-0.2, 0) is 32.1 Å². The Morgan fingerprint density at radius 3 is 1.58 bits per heavy atom. The van der Waals surface area contributed by atoms with Gasteiger partial charge in [-0.15, -0.1) is 0 Å². The maximum Gasteiger partial charge on any atom is -1.00 e. The molecule has 1 atom stereocenters. The third-order valence-corrected chi connectivity index (χ3v) is 21.3. The van der Waals surface area contributed by atoms with Crippen molar-refractivity contribution in [2.75, 3.05) is 0 Å². The molecule has 0 radical (unpaired) electrons. The van der Waals surface area contributed by atoms with Gasteiger partial charge in [-0.25, -0.2) is 0 Å².